The Bertz CT molecular complexity index is 387. The first-order valence-electron chi connectivity index (χ1n) is 7.05. The van der Waals surface area contributed by atoms with Gasteiger partial charge in [0.1, 0.15) is 5.82 Å². The fourth-order valence-electron chi connectivity index (χ4n) is 1.96. The zero-order chi connectivity index (χ0) is 14.3. The van der Waals surface area contributed by atoms with E-state index in [0.717, 1.165) is 25.2 Å². The van der Waals surface area contributed by atoms with Gasteiger partial charge in [-0.3, -0.25) is 4.79 Å². The summed E-state index contributed by atoms with van der Waals surface area (Å²) in [5.74, 6) is 0.847. The average molecular weight is 263 g/mol. The number of unbranched alkanes of at least 4 members (excludes halogenated alkanes) is 2. The molecular formula is C15H25N3O. The van der Waals surface area contributed by atoms with Crippen molar-refractivity contribution in [3.8, 4) is 0 Å². The molecule has 1 heterocycles. The number of pyridine rings is 1. The Morgan fingerprint density at radius 1 is 1.37 bits per heavy atom. The van der Waals surface area contributed by atoms with Crippen LogP contribution in [0.5, 0.6) is 0 Å². The van der Waals surface area contributed by atoms with Gasteiger partial charge in [0.2, 0.25) is 0 Å². The van der Waals surface area contributed by atoms with Crippen LogP contribution in [0.2, 0.25) is 0 Å². The molecule has 0 saturated carbocycles. The Morgan fingerprint density at radius 2 is 2.11 bits per heavy atom. The van der Waals surface area contributed by atoms with Crippen LogP contribution in [0, 0.1) is 0 Å². The lowest BCUT2D eigenvalue weighted by Crippen LogP contribution is -2.37. The monoisotopic (exact) mass is 263 g/mol. The third kappa shape index (κ3) is 4.54. The Labute approximate surface area is 116 Å². The summed E-state index contributed by atoms with van der Waals surface area (Å²) in [5, 5.41) is 2.95. The van der Waals surface area contributed by atoms with Gasteiger partial charge < -0.3 is 10.2 Å². The van der Waals surface area contributed by atoms with Gasteiger partial charge in [0, 0.05) is 25.8 Å². The lowest BCUT2D eigenvalue weighted by atomic mass is 10.1. The molecule has 4 nitrogen and oxygen atoms in total. The van der Waals surface area contributed by atoms with Crippen LogP contribution in [-0.4, -0.2) is 35.4 Å². The maximum absolute atomic E-state index is 12.4. The summed E-state index contributed by atoms with van der Waals surface area (Å²) in [6.07, 6.45) is 5.03. The Morgan fingerprint density at radius 3 is 2.58 bits per heavy atom. The Balaban J connectivity index is 2.74. The molecule has 0 spiro atoms. The van der Waals surface area contributed by atoms with Gasteiger partial charge >= 0.3 is 0 Å². The normalized spacial score (nSPS) is 10.6. The minimum atomic E-state index is 0.0706. The van der Waals surface area contributed by atoms with Gasteiger partial charge in [-0.25, -0.2) is 4.98 Å². The number of nitrogens with one attached hydrogen (secondary N) is 1. The van der Waals surface area contributed by atoms with Gasteiger partial charge in [-0.2, -0.15) is 0 Å². The second-order valence-electron chi connectivity index (χ2n) is 4.98. The highest BCUT2D eigenvalue weighted by atomic mass is 16.2. The van der Waals surface area contributed by atoms with Crippen molar-refractivity contribution in [1.29, 1.82) is 0 Å². The van der Waals surface area contributed by atoms with E-state index in [1.165, 1.54) is 6.42 Å². The summed E-state index contributed by atoms with van der Waals surface area (Å²) in [5.41, 5.74) is 0.657. The molecular weight excluding hydrogens is 238 g/mol. The number of rotatable bonds is 7. The van der Waals surface area contributed by atoms with Crippen LogP contribution in [0.25, 0.3) is 0 Å². The van der Waals surface area contributed by atoms with E-state index in [4.69, 9.17) is 0 Å². The molecule has 0 radical (unpaired) electrons. The van der Waals surface area contributed by atoms with Crippen molar-refractivity contribution in [1.82, 2.24) is 9.88 Å². The highest BCUT2D eigenvalue weighted by molar-refractivity contribution is 5.94. The second kappa shape index (κ2) is 7.77. The average Bonchev–Trinajstić information content (AvgIpc) is 2.42. The molecule has 1 rings (SSSR count). The summed E-state index contributed by atoms with van der Waals surface area (Å²) in [4.78, 5) is 18.6. The summed E-state index contributed by atoms with van der Waals surface area (Å²) >= 11 is 0. The molecule has 19 heavy (non-hydrogen) atoms. The van der Waals surface area contributed by atoms with E-state index in [-0.39, 0.29) is 11.9 Å². The van der Waals surface area contributed by atoms with Gasteiger partial charge in [0.15, 0.2) is 0 Å². The van der Waals surface area contributed by atoms with Gasteiger partial charge in [-0.1, -0.05) is 19.8 Å². The fourth-order valence-corrected chi connectivity index (χ4v) is 1.96. The molecule has 1 aromatic rings. The standard InChI is InChI=1S/C15H25N3O/c1-5-6-7-10-18(12(2)3)15(19)13-8-9-14(16-4)17-11-13/h8-9,11-12H,5-7,10H2,1-4H3,(H,16,17). The van der Waals surface area contributed by atoms with Gasteiger partial charge in [0.25, 0.3) is 5.91 Å². The Hall–Kier alpha value is -1.58. The summed E-state index contributed by atoms with van der Waals surface area (Å²) in [7, 11) is 1.81. The smallest absolute Gasteiger partial charge is 0.255 e. The quantitative estimate of drug-likeness (QED) is 0.769. The van der Waals surface area contributed by atoms with Gasteiger partial charge in [-0.05, 0) is 32.4 Å². The third-order valence-electron chi connectivity index (χ3n) is 3.15. The van der Waals surface area contributed by atoms with Crippen molar-refractivity contribution in [2.24, 2.45) is 0 Å². The number of carbonyl (C=O) groups is 1. The number of nitrogens with zero attached hydrogens (tertiary/aromatic N) is 2. The molecule has 1 amide bonds. The number of amides is 1. The van der Waals surface area contributed by atoms with Crippen molar-refractivity contribution in [3.05, 3.63) is 23.9 Å². The molecule has 4 heteroatoms. The largest absolute Gasteiger partial charge is 0.373 e. The molecule has 0 saturated heterocycles. The highest BCUT2D eigenvalue weighted by Gasteiger charge is 2.18. The summed E-state index contributed by atoms with van der Waals surface area (Å²) in [6.45, 7) is 7.10. The molecule has 106 valence electrons. The predicted octanol–water partition coefficient (Wildman–Crippen LogP) is 3.16. The molecule has 0 aromatic carbocycles. The van der Waals surface area contributed by atoms with Crippen LogP contribution in [0.3, 0.4) is 0 Å². The van der Waals surface area contributed by atoms with E-state index >= 15 is 0 Å². The lowest BCUT2D eigenvalue weighted by Gasteiger charge is -2.26. The zero-order valence-corrected chi connectivity index (χ0v) is 12.4. The number of aromatic nitrogens is 1. The van der Waals surface area contributed by atoms with Crippen LogP contribution in [0.4, 0.5) is 5.82 Å². The van der Waals surface area contributed by atoms with E-state index in [1.807, 2.05) is 24.1 Å². The second-order valence-corrected chi connectivity index (χ2v) is 4.98. The molecule has 0 aliphatic rings. The van der Waals surface area contributed by atoms with E-state index in [9.17, 15) is 4.79 Å². The number of hydrogen-bond donors (Lipinski definition) is 1. The van der Waals surface area contributed by atoms with Gasteiger partial charge in [-0.15, -0.1) is 0 Å². The minimum Gasteiger partial charge on any atom is -0.373 e. The van der Waals surface area contributed by atoms with Crippen LogP contribution >= 0.6 is 0 Å². The predicted molar refractivity (Wildman–Crippen MR) is 79.5 cm³/mol. The molecule has 0 unspecified atom stereocenters. The fraction of sp³-hybridized carbons (Fsp3) is 0.600. The third-order valence-corrected chi connectivity index (χ3v) is 3.15. The first-order chi connectivity index (χ1) is 9.10. The Kier molecular flexibility index (Phi) is 6.33. The zero-order valence-electron chi connectivity index (χ0n) is 12.4. The van der Waals surface area contributed by atoms with E-state index in [1.54, 1.807) is 6.20 Å². The van der Waals surface area contributed by atoms with Crippen molar-refractivity contribution in [2.45, 2.75) is 46.1 Å². The number of hydrogen-bond acceptors (Lipinski definition) is 3. The van der Waals surface area contributed by atoms with Gasteiger partial charge in [0.05, 0.1) is 5.56 Å². The van der Waals surface area contributed by atoms with E-state index in [2.05, 4.69) is 31.1 Å². The van der Waals surface area contributed by atoms with Crippen LogP contribution in [-0.2, 0) is 0 Å². The minimum absolute atomic E-state index is 0.0706. The lowest BCUT2D eigenvalue weighted by molar-refractivity contribution is 0.0702. The van der Waals surface area contributed by atoms with E-state index in [0.29, 0.717) is 5.56 Å². The number of carbonyl (C=O) groups excluding carboxylic acids is 1. The molecule has 0 aliphatic carbocycles. The summed E-state index contributed by atoms with van der Waals surface area (Å²) in [6, 6.07) is 3.88. The van der Waals surface area contributed by atoms with Crippen molar-refractivity contribution >= 4 is 11.7 Å². The molecule has 0 bridgehead atoms. The highest BCUT2D eigenvalue weighted by Crippen LogP contribution is 2.11. The SMILES string of the molecule is CCCCCN(C(=O)c1ccc(NC)nc1)C(C)C. The van der Waals surface area contributed by atoms with Crippen molar-refractivity contribution < 1.29 is 4.79 Å². The first-order valence-corrected chi connectivity index (χ1v) is 7.05. The molecule has 0 fully saturated rings. The molecule has 1 N–H and O–H groups in total. The van der Waals surface area contributed by atoms with Crippen LogP contribution in [0.1, 0.15) is 50.4 Å². The summed E-state index contributed by atoms with van der Waals surface area (Å²) < 4.78 is 0. The maximum Gasteiger partial charge on any atom is 0.255 e. The molecule has 1 aromatic heterocycles. The van der Waals surface area contributed by atoms with E-state index < -0.39 is 0 Å². The first kappa shape index (κ1) is 15.5. The maximum atomic E-state index is 12.4. The molecule has 0 atom stereocenters. The topological polar surface area (TPSA) is 45.2 Å². The van der Waals surface area contributed by atoms with Crippen molar-refractivity contribution in [2.75, 3.05) is 18.9 Å². The van der Waals surface area contributed by atoms with Crippen molar-refractivity contribution in [3.63, 3.8) is 0 Å². The van der Waals surface area contributed by atoms with Crippen LogP contribution < -0.4 is 5.32 Å². The molecule has 0 aliphatic heterocycles. The number of anilines is 1. The van der Waals surface area contributed by atoms with Crippen LogP contribution in [0.15, 0.2) is 18.3 Å².